The first-order valence-electron chi connectivity index (χ1n) is 8.48. The Balaban J connectivity index is 2.03. The van der Waals surface area contributed by atoms with Gasteiger partial charge in [0.15, 0.2) is 11.6 Å². The first-order chi connectivity index (χ1) is 12.5. The van der Waals surface area contributed by atoms with Gasteiger partial charge in [-0.2, -0.15) is 0 Å². The number of benzene rings is 2. The normalized spacial score (nSPS) is 11.0. The number of carbonyl (C=O) groups excluding carboxylic acids is 1. The number of nitrogens with zero attached hydrogens (tertiary/aromatic N) is 1. The monoisotopic (exact) mass is 358 g/mol. The highest BCUT2D eigenvalue weighted by Gasteiger charge is 2.20. The number of aryl methyl sites for hydroxylation is 2. The lowest BCUT2D eigenvalue weighted by atomic mass is 10.1. The zero-order valence-electron chi connectivity index (χ0n) is 14.9. The summed E-state index contributed by atoms with van der Waals surface area (Å²) in [6, 6.07) is 8.99. The molecule has 0 atom stereocenters. The van der Waals surface area contributed by atoms with Gasteiger partial charge in [-0.1, -0.05) is 0 Å². The topological polar surface area (TPSA) is 43.3 Å². The fourth-order valence-corrected chi connectivity index (χ4v) is 3.14. The number of nitrogens with one attached hydrogen (secondary N) is 1. The molecule has 0 unspecified atom stereocenters. The predicted molar refractivity (Wildman–Crippen MR) is 97.8 cm³/mol. The highest BCUT2D eigenvalue weighted by Crippen LogP contribution is 2.30. The van der Waals surface area contributed by atoms with Crippen LogP contribution in [0.5, 0.6) is 5.75 Å². The van der Waals surface area contributed by atoms with Gasteiger partial charge in [-0.05, 0) is 56.7 Å². The van der Waals surface area contributed by atoms with E-state index in [1.54, 1.807) is 0 Å². The van der Waals surface area contributed by atoms with Crippen molar-refractivity contribution in [2.75, 3.05) is 11.9 Å². The molecule has 6 heteroatoms. The second kappa shape index (κ2) is 7.15. The van der Waals surface area contributed by atoms with Crippen molar-refractivity contribution in [3.05, 3.63) is 59.3 Å². The number of rotatable bonds is 5. The van der Waals surface area contributed by atoms with E-state index in [1.165, 1.54) is 6.07 Å². The largest absolute Gasteiger partial charge is 0.494 e. The van der Waals surface area contributed by atoms with Crippen LogP contribution in [0.3, 0.4) is 0 Å². The Labute approximate surface area is 150 Å². The molecule has 3 aromatic rings. The molecule has 1 heterocycles. The zero-order chi connectivity index (χ0) is 18.8. The van der Waals surface area contributed by atoms with E-state index < -0.39 is 11.6 Å². The Morgan fingerprint density at radius 2 is 1.88 bits per heavy atom. The minimum absolute atomic E-state index is 0.205. The van der Waals surface area contributed by atoms with E-state index in [-0.39, 0.29) is 11.6 Å². The first kappa shape index (κ1) is 17.9. The van der Waals surface area contributed by atoms with Gasteiger partial charge < -0.3 is 14.6 Å². The van der Waals surface area contributed by atoms with Crippen molar-refractivity contribution in [1.82, 2.24) is 4.57 Å². The summed E-state index contributed by atoms with van der Waals surface area (Å²) in [5.74, 6) is -1.59. The van der Waals surface area contributed by atoms with Crippen LogP contribution in [0.1, 0.15) is 29.9 Å². The predicted octanol–water partition coefficient (Wildman–Crippen LogP) is 4.90. The molecule has 0 spiro atoms. The second-order valence-electron chi connectivity index (χ2n) is 5.91. The van der Waals surface area contributed by atoms with Gasteiger partial charge in [0.25, 0.3) is 5.91 Å². The first-order valence-corrected chi connectivity index (χ1v) is 8.48. The molecule has 4 nitrogen and oxygen atoms in total. The van der Waals surface area contributed by atoms with Crippen LogP contribution in [0.15, 0.2) is 36.4 Å². The van der Waals surface area contributed by atoms with Crippen molar-refractivity contribution in [1.29, 1.82) is 0 Å². The maximum absolute atomic E-state index is 13.4. The third-order valence-electron chi connectivity index (χ3n) is 4.31. The van der Waals surface area contributed by atoms with E-state index in [0.717, 1.165) is 34.3 Å². The fourth-order valence-electron chi connectivity index (χ4n) is 3.14. The number of aromatic nitrogens is 1. The van der Waals surface area contributed by atoms with Crippen LogP contribution < -0.4 is 10.1 Å². The molecule has 1 aromatic heterocycles. The van der Waals surface area contributed by atoms with Crippen molar-refractivity contribution in [2.45, 2.75) is 27.3 Å². The van der Waals surface area contributed by atoms with E-state index in [9.17, 15) is 13.6 Å². The van der Waals surface area contributed by atoms with Crippen LogP contribution in [0.2, 0.25) is 0 Å². The molecule has 0 aliphatic carbocycles. The molecule has 0 radical (unpaired) electrons. The Morgan fingerprint density at radius 1 is 1.12 bits per heavy atom. The second-order valence-corrected chi connectivity index (χ2v) is 5.91. The molecule has 2 aromatic carbocycles. The lowest BCUT2D eigenvalue weighted by Crippen LogP contribution is -2.18. The number of anilines is 1. The summed E-state index contributed by atoms with van der Waals surface area (Å²) in [6.45, 7) is 6.88. The van der Waals surface area contributed by atoms with Crippen LogP contribution in [-0.2, 0) is 6.54 Å². The maximum atomic E-state index is 13.4. The Morgan fingerprint density at radius 3 is 2.54 bits per heavy atom. The fraction of sp³-hybridized carbons (Fsp3) is 0.250. The highest BCUT2D eigenvalue weighted by molar-refractivity contribution is 6.08. The number of carbonyl (C=O) groups is 1. The summed E-state index contributed by atoms with van der Waals surface area (Å²) in [5.41, 5.74) is 2.42. The van der Waals surface area contributed by atoms with E-state index in [1.807, 2.05) is 43.5 Å². The lowest BCUT2D eigenvalue weighted by Gasteiger charge is -2.10. The molecule has 26 heavy (non-hydrogen) atoms. The molecule has 0 saturated carbocycles. The van der Waals surface area contributed by atoms with Gasteiger partial charge >= 0.3 is 0 Å². The third kappa shape index (κ3) is 3.14. The molecule has 0 aliphatic rings. The molecule has 1 N–H and O–H groups in total. The summed E-state index contributed by atoms with van der Waals surface area (Å²) in [5, 5.41) is 3.57. The third-order valence-corrected chi connectivity index (χ3v) is 4.31. The van der Waals surface area contributed by atoms with Crippen LogP contribution >= 0.6 is 0 Å². The van der Waals surface area contributed by atoms with Gasteiger partial charge in [0.2, 0.25) is 0 Å². The maximum Gasteiger partial charge on any atom is 0.272 e. The van der Waals surface area contributed by atoms with E-state index in [0.29, 0.717) is 18.8 Å². The van der Waals surface area contributed by atoms with Gasteiger partial charge in [0, 0.05) is 29.2 Å². The number of fused-ring (bicyclic) bond motifs is 1. The van der Waals surface area contributed by atoms with E-state index >= 15 is 0 Å². The summed E-state index contributed by atoms with van der Waals surface area (Å²) in [4.78, 5) is 12.8. The Kier molecular flexibility index (Phi) is 4.93. The Bertz CT molecular complexity index is 980. The van der Waals surface area contributed by atoms with Crippen LogP contribution in [0.4, 0.5) is 14.5 Å². The van der Waals surface area contributed by atoms with Crippen molar-refractivity contribution in [3.63, 3.8) is 0 Å². The van der Waals surface area contributed by atoms with Crippen molar-refractivity contribution < 1.29 is 18.3 Å². The van der Waals surface area contributed by atoms with E-state index in [4.69, 9.17) is 4.74 Å². The number of hydrogen-bond acceptors (Lipinski definition) is 2. The summed E-state index contributed by atoms with van der Waals surface area (Å²) < 4.78 is 33.9. The number of ether oxygens (including phenoxy) is 1. The van der Waals surface area contributed by atoms with Crippen LogP contribution in [-0.4, -0.2) is 17.1 Å². The number of amides is 1. The van der Waals surface area contributed by atoms with Crippen LogP contribution in [0, 0.1) is 18.6 Å². The molecule has 1 amide bonds. The standard InChI is InChI=1S/C20H20F2N2O2/c1-4-24-18-9-7-14(26-5-2)11-15(18)12(3)19(24)20(25)23-13-6-8-16(21)17(22)10-13/h6-11H,4-5H2,1-3H3,(H,23,25). The molecule has 0 bridgehead atoms. The summed E-state index contributed by atoms with van der Waals surface area (Å²) in [7, 11) is 0. The highest BCUT2D eigenvalue weighted by atomic mass is 19.2. The van der Waals surface area contributed by atoms with Gasteiger partial charge in [-0.25, -0.2) is 8.78 Å². The van der Waals surface area contributed by atoms with Gasteiger partial charge in [0.1, 0.15) is 11.4 Å². The quantitative estimate of drug-likeness (QED) is 0.705. The molecule has 0 saturated heterocycles. The van der Waals surface area contributed by atoms with Gasteiger partial charge in [-0.15, -0.1) is 0 Å². The molecule has 0 aliphatic heterocycles. The minimum Gasteiger partial charge on any atom is -0.494 e. The van der Waals surface area contributed by atoms with E-state index in [2.05, 4.69) is 5.32 Å². The minimum atomic E-state index is -1.00. The number of hydrogen-bond donors (Lipinski definition) is 1. The van der Waals surface area contributed by atoms with Crippen LogP contribution in [0.25, 0.3) is 10.9 Å². The number of halogens is 2. The van der Waals surface area contributed by atoms with Gasteiger partial charge in [0.05, 0.1) is 6.61 Å². The summed E-state index contributed by atoms with van der Waals surface area (Å²) >= 11 is 0. The SMILES string of the molecule is CCOc1ccc2c(c1)c(C)c(C(=O)Nc1ccc(F)c(F)c1)n2CC. The smallest absolute Gasteiger partial charge is 0.272 e. The lowest BCUT2D eigenvalue weighted by molar-refractivity contribution is 0.101. The van der Waals surface area contributed by atoms with Crippen molar-refractivity contribution >= 4 is 22.5 Å². The Hall–Kier alpha value is -2.89. The zero-order valence-corrected chi connectivity index (χ0v) is 14.9. The molecule has 3 rings (SSSR count). The molecular weight excluding hydrogens is 338 g/mol. The average molecular weight is 358 g/mol. The molecule has 0 fully saturated rings. The molecule has 136 valence electrons. The average Bonchev–Trinajstić information content (AvgIpc) is 2.90. The van der Waals surface area contributed by atoms with Crippen molar-refractivity contribution in [3.8, 4) is 5.75 Å². The summed E-state index contributed by atoms with van der Waals surface area (Å²) in [6.07, 6.45) is 0. The van der Waals surface area contributed by atoms with Gasteiger partial charge in [-0.3, -0.25) is 4.79 Å². The van der Waals surface area contributed by atoms with Crippen molar-refractivity contribution in [2.24, 2.45) is 0 Å². The molecular formula is C20H20F2N2O2.